The highest BCUT2D eigenvalue weighted by Crippen LogP contribution is 2.34. The standard InChI is InChI=1S/C18H18NO2/c1-19(2,3)13-10-8-12(9-11-13)16-17(20)14-6-4-5-7-15(14)18(16)21/h4-11,16H,1-3H3/q+1. The number of quaternary nitrogens is 1. The number of hydrogen-bond acceptors (Lipinski definition) is 2. The molecule has 21 heavy (non-hydrogen) atoms. The Balaban J connectivity index is 2.00. The normalized spacial score (nSPS) is 15.4. The lowest BCUT2D eigenvalue weighted by atomic mass is 9.94. The van der Waals surface area contributed by atoms with Crippen LogP contribution in [0.3, 0.4) is 0 Å². The molecule has 2 aromatic rings. The summed E-state index contributed by atoms with van der Waals surface area (Å²) in [5.74, 6) is -0.855. The number of benzene rings is 2. The Hall–Kier alpha value is -2.26. The summed E-state index contributed by atoms with van der Waals surface area (Å²) in [5, 5.41) is 0. The molecule has 0 amide bonds. The molecule has 0 saturated carbocycles. The lowest BCUT2D eigenvalue weighted by Gasteiger charge is -2.23. The maximum absolute atomic E-state index is 12.5. The van der Waals surface area contributed by atoms with Crippen LogP contribution in [0.15, 0.2) is 48.5 Å². The van der Waals surface area contributed by atoms with Crippen LogP contribution in [0.1, 0.15) is 32.2 Å². The van der Waals surface area contributed by atoms with Crippen molar-refractivity contribution in [3.8, 4) is 0 Å². The van der Waals surface area contributed by atoms with Gasteiger partial charge in [-0.3, -0.25) is 14.1 Å². The first-order valence-corrected chi connectivity index (χ1v) is 6.99. The second kappa shape index (κ2) is 4.64. The summed E-state index contributed by atoms with van der Waals surface area (Å²) in [4.78, 5) is 24.9. The fourth-order valence-corrected chi connectivity index (χ4v) is 2.76. The van der Waals surface area contributed by atoms with E-state index in [0.717, 1.165) is 11.3 Å². The summed E-state index contributed by atoms with van der Waals surface area (Å²) < 4.78 is 0.701. The van der Waals surface area contributed by atoms with Crippen LogP contribution < -0.4 is 4.48 Å². The number of rotatable bonds is 2. The number of carbonyl (C=O) groups is 2. The number of fused-ring (bicyclic) bond motifs is 1. The maximum atomic E-state index is 12.5. The van der Waals surface area contributed by atoms with E-state index >= 15 is 0 Å². The largest absolute Gasteiger partial charge is 0.298 e. The molecule has 1 aliphatic rings. The van der Waals surface area contributed by atoms with Gasteiger partial charge in [-0.05, 0) is 17.7 Å². The number of carbonyl (C=O) groups excluding carboxylic acids is 2. The van der Waals surface area contributed by atoms with E-state index in [-0.39, 0.29) is 11.6 Å². The number of hydrogen-bond donors (Lipinski definition) is 0. The molecular weight excluding hydrogens is 262 g/mol. The molecule has 0 bridgehead atoms. The van der Waals surface area contributed by atoms with E-state index in [1.165, 1.54) is 0 Å². The van der Waals surface area contributed by atoms with Gasteiger partial charge in [-0.25, -0.2) is 0 Å². The molecule has 0 N–H and O–H groups in total. The van der Waals surface area contributed by atoms with E-state index in [9.17, 15) is 9.59 Å². The summed E-state index contributed by atoms with van der Waals surface area (Å²) in [7, 11) is 6.24. The average Bonchev–Trinajstić information content (AvgIpc) is 2.71. The van der Waals surface area contributed by atoms with Gasteiger partial charge in [0, 0.05) is 11.1 Å². The van der Waals surface area contributed by atoms with E-state index in [0.29, 0.717) is 15.6 Å². The van der Waals surface area contributed by atoms with E-state index in [1.807, 2.05) is 24.3 Å². The van der Waals surface area contributed by atoms with Gasteiger partial charge in [0.25, 0.3) is 0 Å². The van der Waals surface area contributed by atoms with Crippen molar-refractivity contribution in [1.29, 1.82) is 0 Å². The lowest BCUT2D eigenvalue weighted by Crippen LogP contribution is -2.34. The molecule has 0 atom stereocenters. The van der Waals surface area contributed by atoms with Crippen LogP contribution in [0.25, 0.3) is 0 Å². The van der Waals surface area contributed by atoms with Crippen molar-refractivity contribution in [2.45, 2.75) is 5.92 Å². The fourth-order valence-electron chi connectivity index (χ4n) is 2.76. The van der Waals surface area contributed by atoms with Crippen LogP contribution in [0.2, 0.25) is 0 Å². The van der Waals surface area contributed by atoms with Crippen molar-refractivity contribution in [2.75, 3.05) is 21.1 Å². The first-order chi connectivity index (χ1) is 9.89. The average molecular weight is 280 g/mol. The van der Waals surface area contributed by atoms with Crippen LogP contribution in [-0.2, 0) is 0 Å². The quantitative estimate of drug-likeness (QED) is 0.626. The highest BCUT2D eigenvalue weighted by molar-refractivity contribution is 6.29. The van der Waals surface area contributed by atoms with Crippen LogP contribution in [0, 0.1) is 0 Å². The van der Waals surface area contributed by atoms with E-state index in [2.05, 4.69) is 21.1 Å². The number of ketones is 2. The maximum Gasteiger partial charge on any atom is 0.178 e. The molecule has 0 radical (unpaired) electrons. The SMILES string of the molecule is C[N+](C)(C)c1ccc(C2C(=O)c3ccccc3C2=O)cc1. The second-order valence-electron chi connectivity index (χ2n) is 6.31. The Morgan fingerprint density at radius 1 is 0.762 bits per heavy atom. The Labute approximate surface area is 124 Å². The Bertz CT molecular complexity index is 689. The van der Waals surface area contributed by atoms with Gasteiger partial charge in [0.1, 0.15) is 11.6 Å². The molecule has 0 fully saturated rings. The zero-order chi connectivity index (χ0) is 15.2. The Morgan fingerprint density at radius 2 is 1.24 bits per heavy atom. The molecule has 0 unspecified atom stereocenters. The molecule has 3 nitrogen and oxygen atoms in total. The highest BCUT2D eigenvalue weighted by atomic mass is 16.2. The summed E-state index contributed by atoms with van der Waals surface area (Å²) >= 11 is 0. The van der Waals surface area contributed by atoms with Gasteiger partial charge in [0.05, 0.1) is 21.1 Å². The Morgan fingerprint density at radius 3 is 1.67 bits per heavy atom. The van der Waals surface area contributed by atoms with Gasteiger partial charge in [-0.1, -0.05) is 36.4 Å². The second-order valence-corrected chi connectivity index (χ2v) is 6.31. The van der Waals surface area contributed by atoms with Crippen molar-refractivity contribution in [3.05, 3.63) is 65.2 Å². The van der Waals surface area contributed by atoms with Crippen molar-refractivity contribution in [3.63, 3.8) is 0 Å². The fraction of sp³-hybridized carbons (Fsp3) is 0.222. The zero-order valence-electron chi connectivity index (χ0n) is 12.5. The molecule has 2 aromatic carbocycles. The highest BCUT2D eigenvalue weighted by Gasteiger charge is 2.39. The van der Waals surface area contributed by atoms with Crippen molar-refractivity contribution >= 4 is 17.3 Å². The molecule has 0 saturated heterocycles. The molecule has 106 valence electrons. The summed E-state index contributed by atoms with van der Waals surface area (Å²) in [6, 6.07) is 14.8. The summed E-state index contributed by atoms with van der Waals surface area (Å²) in [6.07, 6.45) is 0. The van der Waals surface area contributed by atoms with Crippen LogP contribution in [0.4, 0.5) is 5.69 Å². The third-order valence-corrected chi connectivity index (χ3v) is 3.98. The minimum absolute atomic E-state index is 0.0893. The van der Waals surface area contributed by atoms with Crippen LogP contribution in [-0.4, -0.2) is 32.7 Å². The Kier molecular flexibility index (Phi) is 3.03. The molecular formula is C18H18NO2+. The number of nitrogens with zero attached hydrogens (tertiary/aromatic N) is 1. The van der Waals surface area contributed by atoms with Crippen molar-refractivity contribution < 1.29 is 9.59 Å². The molecule has 0 aromatic heterocycles. The first-order valence-electron chi connectivity index (χ1n) is 6.99. The third kappa shape index (κ3) is 2.20. The van der Waals surface area contributed by atoms with Gasteiger partial charge in [-0.2, -0.15) is 0 Å². The van der Waals surface area contributed by atoms with Crippen LogP contribution >= 0.6 is 0 Å². The lowest BCUT2D eigenvalue weighted by molar-refractivity contribution is 0.0890. The summed E-state index contributed by atoms with van der Waals surface area (Å²) in [6.45, 7) is 0. The topological polar surface area (TPSA) is 34.1 Å². The molecule has 3 rings (SSSR count). The molecule has 0 aliphatic heterocycles. The molecule has 0 spiro atoms. The first kappa shape index (κ1) is 13.7. The van der Waals surface area contributed by atoms with Gasteiger partial charge in [-0.15, -0.1) is 0 Å². The summed E-state index contributed by atoms with van der Waals surface area (Å²) in [5.41, 5.74) is 3.00. The predicted octanol–water partition coefficient (Wildman–Crippen LogP) is 3.05. The van der Waals surface area contributed by atoms with Crippen molar-refractivity contribution in [1.82, 2.24) is 4.48 Å². The monoisotopic (exact) mass is 280 g/mol. The van der Waals surface area contributed by atoms with E-state index in [4.69, 9.17) is 0 Å². The smallest absolute Gasteiger partial charge is 0.178 e. The molecule has 0 heterocycles. The minimum Gasteiger partial charge on any atom is -0.298 e. The predicted molar refractivity (Wildman–Crippen MR) is 83.9 cm³/mol. The van der Waals surface area contributed by atoms with Gasteiger partial charge >= 0.3 is 0 Å². The third-order valence-electron chi connectivity index (χ3n) is 3.98. The van der Waals surface area contributed by atoms with Crippen LogP contribution in [0.5, 0.6) is 0 Å². The molecule has 3 heteroatoms. The number of Topliss-reactive ketones (excluding diaryl/α,β-unsaturated/α-hetero) is 2. The van der Waals surface area contributed by atoms with E-state index < -0.39 is 5.92 Å². The van der Waals surface area contributed by atoms with Crippen molar-refractivity contribution in [2.24, 2.45) is 0 Å². The molecule has 1 aliphatic carbocycles. The van der Waals surface area contributed by atoms with Gasteiger partial charge in [0.15, 0.2) is 11.6 Å². The minimum atomic E-state index is -0.677. The van der Waals surface area contributed by atoms with Gasteiger partial charge < -0.3 is 0 Å². The zero-order valence-corrected chi connectivity index (χ0v) is 12.5. The van der Waals surface area contributed by atoms with Gasteiger partial charge in [0.2, 0.25) is 0 Å². The van der Waals surface area contributed by atoms with E-state index in [1.54, 1.807) is 24.3 Å².